The molecule has 0 saturated carbocycles. The molecule has 20 atom stereocenters. The highest BCUT2D eigenvalue weighted by Gasteiger charge is 2.51. The van der Waals surface area contributed by atoms with Gasteiger partial charge in [-0.05, 0) is 57.0 Å². The van der Waals surface area contributed by atoms with E-state index < -0.39 is 147 Å². The zero-order valence-corrected chi connectivity index (χ0v) is 56.8. The Bertz CT molecular complexity index is 2090. The topological polar surface area (TPSA) is 482 Å². The number of aliphatic hydroxyl groups is 10. The second kappa shape index (κ2) is 46.6. The van der Waals surface area contributed by atoms with Crippen LogP contribution in [-0.2, 0) is 66.5 Å². The van der Waals surface area contributed by atoms with Crippen LogP contribution in [0.25, 0.3) is 0 Å². The molecule has 0 bridgehead atoms. The highest BCUT2D eigenvalue weighted by atomic mass is 32.2. The van der Waals surface area contributed by atoms with Crippen LogP contribution in [0.5, 0.6) is 0 Å². The molecule has 0 spiro atoms. The Morgan fingerprint density at radius 3 is 1.63 bits per heavy atom. The number of carboxylic acids is 2. The molecule has 4 rings (SSSR count). The highest BCUT2D eigenvalue weighted by molar-refractivity contribution is 8.00. The van der Waals surface area contributed by atoms with Crippen LogP contribution in [0.2, 0.25) is 0 Å². The van der Waals surface area contributed by atoms with Gasteiger partial charge >= 0.3 is 11.9 Å². The summed E-state index contributed by atoms with van der Waals surface area (Å²) in [6, 6.07) is 0. The lowest BCUT2D eigenvalue weighted by Crippen LogP contribution is -2.62. The van der Waals surface area contributed by atoms with Gasteiger partial charge in [-0.1, -0.05) is 0 Å². The Morgan fingerprint density at radius 2 is 1.06 bits per heavy atom. The number of methoxy groups -OCH3 is 2. The number of rotatable bonds is 49. The molecule has 8 unspecified atom stereocenters. The van der Waals surface area contributed by atoms with Crippen LogP contribution in [0.15, 0.2) is 4.99 Å². The molecular formula is C56H105N7O26S4. The minimum atomic E-state index is -1.59. The first-order valence-corrected chi connectivity index (χ1v) is 35.6. The maximum atomic E-state index is 12.7. The number of nitrogens with one attached hydrogen (secondary N) is 1. The summed E-state index contributed by atoms with van der Waals surface area (Å²) in [6.07, 6.45) is -23.4. The molecule has 0 aromatic carbocycles. The van der Waals surface area contributed by atoms with Gasteiger partial charge in [0.05, 0.1) is 57.9 Å². The lowest BCUT2D eigenvalue weighted by atomic mass is 9.96. The van der Waals surface area contributed by atoms with Gasteiger partial charge in [0.2, 0.25) is 5.91 Å². The van der Waals surface area contributed by atoms with E-state index >= 15 is 0 Å². The zero-order valence-electron chi connectivity index (χ0n) is 53.5. The molecule has 4 saturated heterocycles. The van der Waals surface area contributed by atoms with Gasteiger partial charge in [0.1, 0.15) is 103 Å². The average Bonchev–Trinajstić information content (AvgIpc) is 0.856. The van der Waals surface area contributed by atoms with Gasteiger partial charge in [0.25, 0.3) is 0 Å². The van der Waals surface area contributed by atoms with Crippen molar-refractivity contribution in [3.05, 3.63) is 0 Å². The molecule has 93 heavy (non-hydrogen) atoms. The molecule has 0 radical (unpaired) electrons. The number of nitrogens with two attached hydrogens (primary N) is 2. The van der Waals surface area contributed by atoms with Crippen molar-refractivity contribution in [2.45, 2.75) is 148 Å². The van der Waals surface area contributed by atoms with E-state index in [0.717, 1.165) is 17.5 Å². The van der Waals surface area contributed by atoms with E-state index in [0.29, 0.717) is 93.8 Å². The van der Waals surface area contributed by atoms with E-state index in [9.17, 15) is 70.6 Å². The third-order valence-electron chi connectivity index (χ3n) is 15.3. The third-order valence-corrected chi connectivity index (χ3v) is 19.7. The molecule has 0 aliphatic carbocycles. The normalized spacial score (nSPS) is 32.0. The summed E-state index contributed by atoms with van der Waals surface area (Å²) < 4.78 is 65.1. The molecule has 17 N–H and O–H groups in total. The molecule has 544 valence electrons. The number of aliphatic hydroxyl groups excluding tert-OH is 10. The first-order chi connectivity index (χ1) is 44.5. The number of aliphatic carboxylic acids is 2. The fraction of sp³-hybridized carbons (Fsp3) is 0.929. The molecule has 4 fully saturated rings. The number of aliphatic imine (C=N–C) groups is 1. The fourth-order valence-corrected chi connectivity index (χ4v) is 13.3. The van der Waals surface area contributed by atoms with E-state index in [1.807, 2.05) is 11.9 Å². The van der Waals surface area contributed by atoms with Crippen molar-refractivity contribution >= 4 is 70.7 Å². The second-order valence-corrected chi connectivity index (χ2v) is 27.5. The van der Waals surface area contributed by atoms with Crippen LogP contribution >= 0.6 is 47.0 Å². The first kappa shape index (κ1) is 83.7. The van der Waals surface area contributed by atoms with Gasteiger partial charge in [-0.2, -0.15) is 35.3 Å². The zero-order chi connectivity index (χ0) is 68.4. The minimum absolute atomic E-state index is 0.0157. The summed E-state index contributed by atoms with van der Waals surface area (Å²) in [5, 5.41) is 129. The molecule has 33 nitrogen and oxygen atoms in total. The van der Waals surface area contributed by atoms with Crippen LogP contribution in [0, 0.1) is 0 Å². The van der Waals surface area contributed by atoms with E-state index in [1.165, 1.54) is 19.1 Å². The molecule has 0 aromatic rings. The van der Waals surface area contributed by atoms with Crippen LogP contribution in [-0.4, -0.2) is 402 Å². The van der Waals surface area contributed by atoms with Crippen LogP contribution < -0.4 is 16.8 Å². The van der Waals surface area contributed by atoms with Crippen molar-refractivity contribution < 1.29 is 128 Å². The monoisotopic (exact) mass is 1420 g/mol. The lowest BCUT2D eigenvalue weighted by Gasteiger charge is -2.45. The van der Waals surface area contributed by atoms with E-state index in [1.54, 1.807) is 47.2 Å². The summed E-state index contributed by atoms with van der Waals surface area (Å²) in [5.41, 5.74) is 10.8. The standard InChI is InChI=1S/C56H105N7O26S4/c1-61(12-13-62(2)27-39(66)67)14-15-63(28-40(68)69)26-38(65)60-11-25-92-22-6-16-81-50-46(75)41(70)33(86-53(50)80-4)8-19-84-54-51(82-17-5-20-90-23-9-57)48(77)44(73)36(88-54)31-85-55-52(47(76)43(72)35(87-55)30-79-3)83-18-7-21-91-24-10-59-37(58)32-93-56-49(78)45(74)42(71)34(29-64)89-56/h33-36,41-56,64,70-78H,5-32,57H2,1-4H3,(H2,58,59)(H,60,65)(H,66,67)(H,68,69)/t33?,34?,35?,36?,41-,42-,43-,44-,45?,46+,47+,48+,49-,50?,51?,52?,53+,54+,55+,56-/m1/s1. The van der Waals surface area contributed by atoms with Crippen molar-refractivity contribution in [2.75, 3.05) is 180 Å². The van der Waals surface area contributed by atoms with Gasteiger partial charge in [-0.3, -0.25) is 29.2 Å². The summed E-state index contributed by atoms with van der Waals surface area (Å²) in [6.45, 7) is 1.67. The van der Waals surface area contributed by atoms with E-state index in [-0.39, 0.29) is 76.6 Å². The number of likely N-dealkylation sites (N-methyl/N-ethyl adjacent to an activating group) is 2. The molecule has 4 aliphatic heterocycles. The molecule has 37 heteroatoms. The number of carboxylic acid groups (broad SMARTS) is 2. The Hall–Kier alpha value is -1.72. The van der Waals surface area contributed by atoms with Crippen molar-refractivity contribution in [2.24, 2.45) is 16.5 Å². The number of nitrogens with zero attached hydrogens (tertiary/aromatic N) is 4. The summed E-state index contributed by atoms with van der Waals surface area (Å²) in [5.74, 6) is 1.90. The van der Waals surface area contributed by atoms with Crippen molar-refractivity contribution in [1.82, 2.24) is 20.0 Å². The molecule has 1 amide bonds. The van der Waals surface area contributed by atoms with E-state index in [2.05, 4.69) is 10.3 Å². The Balaban J connectivity index is 1.24. The predicted molar refractivity (Wildman–Crippen MR) is 344 cm³/mol. The van der Waals surface area contributed by atoms with E-state index in [4.69, 9.17) is 68.7 Å². The third kappa shape index (κ3) is 29.9. The number of hydrogen-bond donors (Lipinski definition) is 15. The molecular weight excluding hydrogens is 1310 g/mol. The van der Waals surface area contributed by atoms with Crippen molar-refractivity contribution in [3.8, 4) is 0 Å². The Kier molecular flexibility index (Phi) is 41.9. The number of carbonyl (C=O) groups is 3. The number of carbonyl (C=O) groups excluding carboxylic acids is 1. The maximum Gasteiger partial charge on any atom is 0.317 e. The highest BCUT2D eigenvalue weighted by Crippen LogP contribution is 2.32. The molecule has 0 aromatic heterocycles. The SMILES string of the molecule is COCC1O[C@H](OCC2O[C@H](OCCC3O[C@H](OC)C(OCCCSCCNC(=O)CN(CCN(C)CCN(C)CC(=O)O)CC(=O)O)[C@@H](O)[C@@H]3O)C(OCCCSCCN)[C@@H](O)[C@@H]2O)C(OCCCSCCN=C(N)CS[C@H]2OC(CO)[C@@H](O)C(O)[C@H]2O)[C@@H](O)[C@@H]1O. The molecule has 4 aliphatic rings. The Labute approximate surface area is 560 Å². The Morgan fingerprint density at radius 1 is 0.548 bits per heavy atom. The molecule has 4 heterocycles. The van der Waals surface area contributed by atoms with Gasteiger partial charge in [-0.25, -0.2) is 0 Å². The first-order valence-electron chi connectivity index (χ1n) is 31.1. The second-order valence-electron chi connectivity index (χ2n) is 22.7. The number of amidine groups is 1. The summed E-state index contributed by atoms with van der Waals surface area (Å²) in [7, 11) is 6.29. The quantitative estimate of drug-likeness (QED) is 0.0153. The van der Waals surface area contributed by atoms with Gasteiger partial charge < -0.3 is 135 Å². The van der Waals surface area contributed by atoms with Crippen molar-refractivity contribution in [3.63, 3.8) is 0 Å². The maximum absolute atomic E-state index is 12.7. The minimum Gasteiger partial charge on any atom is -0.480 e. The average molecular weight is 1420 g/mol. The number of ether oxygens (including phenoxy) is 11. The van der Waals surface area contributed by atoms with Crippen LogP contribution in [0.4, 0.5) is 0 Å². The lowest BCUT2D eigenvalue weighted by molar-refractivity contribution is -0.340. The largest absolute Gasteiger partial charge is 0.480 e. The van der Waals surface area contributed by atoms with Crippen LogP contribution in [0.3, 0.4) is 0 Å². The van der Waals surface area contributed by atoms with Gasteiger partial charge in [0.15, 0.2) is 18.9 Å². The smallest absolute Gasteiger partial charge is 0.317 e. The number of thioether (sulfide) groups is 4. The summed E-state index contributed by atoms with van der Waals surface area (Å²) >= 11 is 5.79. The van der Waals surface area contributed by atoms with Crippen LogP contribution in [0.1, 0.15) is 25.7 Å². The van der Waals surface area contributed by atoms with Gasteiger partial charge in [-0.15, -0.1) is 11.8 Å². The predicted octanol–water partition coefficient (Wildman–Crippen LogP) is -6.13. The van der Waals surface area contributed by atoms with Crippen molar-refractivity contribution in [1.29, 1.82) is 0 Å². The van der Waals surface area contributed by atoms with Gasteiger partial charge in [0, 0.05) is 97.1 Å². The number of amides is 1. The summed E-state index contributed by atoms with van der Waals surface area (Å²) in [4.78, 5) is 44.6. The fourth-order valence-electron chi connectivity index (χ4n) is 10.1. The number of hydrogen-bond acceptors (Lipinski definition) is 33.